The van der Waals surface area contributed by atoms with E-state index < -0.39 is 0 Å². The maximum atomic E-state index is 5.23. The Kier molecular flexibility index (Phi) is 3.56. The molecule has 0 fully saturated rings. The molecule has 0 spiro atoms. The van der Waals surface area contributed by atoms with Gasteiger partial charge in [0, 0.05) is 12.5 Å². The Hall–Kier alpha value is -0.940. The van der Waals surface area contributed by atoms with Crippen molar-refractivity contribution >= 4 is 23.6 Å². The van der Waals surface area contributed by atoms with Gasteiger partial charge in [-0.1, -0.05) is 13.8 Å². The fourth-order valence-electron chi connectivity index (χ4n) is 1.66. The molecule has 2 heterocycles. The van der Waals surface area contributed by atoms with Gasteiger partial charge in [-0.3, -0.25) is 5.10 Å². The molecule has 2 aromatic heterocycles. The number of hydrogen-bond donors (Lipinski definition) is 1. The molecule has 5 heteroatoms. The van der Waals surface area contributed by atoms with E-state index in [9.17, 15) is 0 Å². The Morgan fingerprint density at radius 1 is 1.56 bits per heavy atom. The number of aromatic nitrogens is 3. The first-order chi connectivity index (χ1) is 7.68. The van der Waals surface area contributed by atoms with Gasteiger partial charge in [0.05, 0.1) is 0 Å². The fraction of sp³-hybridized carbons (Fsp3) is 0.455. The average molecular weight is 253 g/mol. The lowest BCUT2D eigenvalue weighted by molar-refractivity contribution is 0.615. The molecule has 86 valence electrons. The second kappa shape index (κ2) is 4.93. The van der Waals surface area contributed by atoms with E-state index in [1.54, 1.807) is 11.3 Å². The zero-order valence-corrected chi connectivity index (χ0v) is 11.1. The summed E-state index contributed by atoms with van der Waals surface area (Å²) in [5.41, 5.74) is 1.36. The summed E-state index contributed by atoms with van der Waals surface area (Å²) >= 11 is 6.97. The highest BCUT2D eigenvalue weighted by Crippen LogP contribution is 2.13. The maximum Gasteiger partial charge on any atom is 0.195 e. The van der Waals surface area contributed by atoms with Crippen LogP contribution in [0.4, 0.5) is 0 Å². The monoisotopic (exact) mass is 253 g/mol. The van der Waals surface area contributed by atoms with Gasteiger partial charge in [0.15, 0.2) is 4.77 Å². The minimum absolute atomic E-state index is 0.399. The standard InChI is InChI=1S/C11H15N3S2/c1-8(2)10-12-13-11(15)14(10)5-3-9-4-6-16-7-9/h4,6-8H,3,5H2,1-2H3,(H,13,15). The molecule has 0 unspecified atom stereocenters. The molecule has 0 bridgehead atoms. The van der Waals surface area contributed by atoms with Crippen molar-refractivity contribution in [3.8, 4) is 0 Å². The first kappa shape index (κ1) is 11.5. The largest absolute Gasteiger partial charge is 0.304 e. The van der Waals surface area contributed by atoms with Gasteiger partial charge < -0.3 is 4.57 Å². The number of aromatic amines is 1. The van der Waals surface area contributed by atoms with E-state index in [-0.39, 0.29) is 0 Å². The van der Waals surface area contributed by atoms with Gasteiger partial charge in [-0.25, -0.2) is 0 Å². The molecule has 0 aliphatic carbocycles. The van der Waals surface area contributed by atoms with Crippen molar-refractivity contribution in [3.63, 3.8) is 0 Å². The van der Waals surface area contributed by atoms with Gasteiger partial charge in [0.2, 0.25) is 0 Å². The van der Waals surface area contributed by atoms with Crippen molar-refractivity contribution < 1.29 is 0 Å². The van der Waals surface area contributed by atoms with Gasteiger partial charge in [0.25, 0.3) is 0 Å². The third-order valence-electron chi connectivity index (χ3n) is 2.51. The van der Waals surface area contributed by atoms with Gasteiger partial charge in [0.1, 0.15) is 5.82 Å². The van der Waals surface area contributed by atoms with Crippen LogP contribution in [0.5, 0.6) is 0 Å². The van der Waals surface area contributed by atoms with E-state index in [1.165, 1.54) is 5.56 Å². The fourth-order valence-corrected chi connectivity index (χ4v) is 2.60. The summed E-state index contributed by atoms with van der Waals surface area (Å²) in [5.74, 6) is 1.44. The topological polar surface area (TPSA) is 33.6 Å². The van der Waals surface area contributed by atoms with E-state index >= 15 is 0 Å². The Morgan fingerprint density at radius 2 is 2.38 bits per heavy atom. The molecule has 0 saturated heterocycles. The molecule has 2 rings (SSSR count). The van der Waals surface area contributed by atoms with E-state index in [4.69, 9.17) is 12.2 Å². The van der Waals surface area contributed by atoms with Gasteiger partial charge in [-0.15, -0.1) is 0 Å². The summed E-state index contributed by atoms with van der Waals surface area (Å²) in [4.78, 5) is 0. The molecule has 1 N–H and O–H groups in total. The minimum atomic E-state index is 0.399. The number of aryl methyl sites for hydroxylation is 1. The summed E-state index contributed by atoms with van der Waals surface area (Å²) in [7, 11) is 0. The molecular formula is C11H15N3S2. The van der Waals surface area contributed by atoms with Crippen molar-refractivity contribution in [1.29, 1.82) is 0 Å². The van der Waals surface area contributed by atoms with Crippen LogP contribution in [0, 0.1) is 4.77 Å². The number of thiophene rings is 1. The quantitative estimate of drug-likeness (QED) is 0.848. The van der Waals surface area contributed by atoms with Crippen LogP contribution in [0.2, 0.25) is 0 Å². The third-order valence-corrected chi connectivity index (χ3v) is 3.55. The van der Waals surface area contributed by atoms with Crippen molar-refractivity contribution in [2.45, 2.75) is 32.7 Å². The molecule has 0 amide bonds. The molecular weight excluding hydrogens is 238 g/mol. The van der Waals surface area contributed by atoms with E-state index in [0.717, 1.165) is 23.6 Å². The number of nitrogens with one attached hydrogen (secondary N) is 1. The maximum absolute atomic E-state index is 5.23. The van der Waals surface area contributed by atoms with Gasteiger partial charge in [-0.2, -0.15) is 16.4 Å². The van der Waals surface area contributed by atoms with Crippen LogP contribution in [0.1, 0.15) is 31.2 Å². The zero-order valence-electron chi connectivity index (χ0n) is 9.43. The Labute approximate surface area is 104 Å². The predicted octanol–water partition coefficient (Wildman–Crippen LogP) is 3.37. The van der Waals surface area contributed by atoms with Crippen molar-refractivity contribution in [1.82, 2.24) is 14.8 Å². The normalized spacial score (nSPS) is 11.2. The Balaban J connectivity index is 2.14. The zero-order chi connectivity index (χ0) is 11.5. The van der Waals surface area contributed by atoms with Crippen LogP contribution in [-0.2, 0) is 13.0 Å². The smallest absolute Gasteiger partial charge is 0.195 e. The second-order valence-corrected chi connectivity index (χ2v) is 5.24. The highest BCUT2D eigenvalue weighted by atomic mass is 32.1. The molecule has 0 radical (unpaired) electrons. The van der Waals surface area contributed by atoms with Crippen molar-refractivity contribution in [2.75, 3.05) is 0 Å². The summed E-state index contributed by atoms with van der Waals surface area (Å²) in [6.45, 7) is 5.16. The van der Waals surface area contributed by atoms with Gasteiger partial charge in [-0.05, 0) is 41.0 Å². The van der Waals surface area contributed by atoms with E-state index in [2.05, 4.69) is 45.4 Å². The lowest BCUT2D eigenvalue weighted by Crippen LogP contribution is -2.07. The Bertz CT molecular complexity index is 494. The number of H-pyrrole nitrogens is 1. The van der Waals surface area contributed by atoms with Crippen LogP contribution in [0.25, 0.3) is 0 Å². The number of rotatable bonds is 4. The lowest BCUT2D eigenvalue weighted by atomic mass is 10.2. The summed E-state index contributed by atoms with van der Waals surface area (Å²) in [6, 6.07) is 2.16. The first-order valence-electron chi connectivity index (χ1n) is 5.34. The highest BCUT2D eigenvalue weighted by Gasteiger charge is 2.09. The molecule has 2 aromatic rings. The summed E-state index contributed by atoms with van der Waals surface area (Å²) in [5, 5.41) is 11.4. The number of hydrogen-bond acceptors (Lipinski definition) is 3. The second-order valence-electron chi connectivity index (χ2n) is 4.07. The van der Waals surface area contributed by atoms with E-state index in [0.29, 0.717) is 5.92 Å². The SMILES string of the molecule is CC(C)c1n[nH]c(=S)n1CCc1ccsc1. The van der Waals surface area contributed by atoms with Crippen LogP contribution < -0.4 is 0 Å². The molecule has 3 nitrogen and oxygen atoms in total. The Morgan fingerprint density at radius 3 is 3.00 bits per heavy atom. The summed E-state index contributed by atoms with van der Waals surface area (Å²) < 4.78 is 2.82. The molecule has 0 aliphatic heterocycles. The molecule has 0 aliphatic rings. The lowest BCUT2D eigenvalue weighted by Gasteiger charge is -2.08. The average Bonchev–Trinajstić information content (AvgIpc) is 2.84. The van der Waals surface area contributed by atoms with E-state index in [1.807, 2.05) is 0 Å². The van der Waals surface area contributed by atoms with Crippen LogP contribution in [-0.4, -0.2) is 14.8 Å². The first-order valence-corrected chi connectivity index (χ1v) is 6.69. The predicted molar refractivity (Wildman–Crippen MR) is 69.5 cm³/mol. The minimum Gasteiger partial charge on any atom is -0.304 e. The third kappa shape index (κ3) is 2.41. The molecule has 16 heavy (non-hydrogen) atoms. The van der Waals surface area contributed by atoms with Crippen molar-refractivity contribution in [2.24, 2.45) is 0 Å². The van der Waals surface area contributed by atoms with Crippen molar-refractivity contribution in [3.05, 3.63) is 33.0 Å². The summed E-state index contributed by atoms with van der Waals surface area (Å²) in [6.07, 6.45) is 1.01. The molecule has 0 saturated carbocycles. The van der Waals surface area contributed by atoms with Crippen LogP contribution >= 0.6 is 23.6 Å². The molecule has 0 atom stereocenters. The highest BCUT2D eigenvalue weighted by molar-refractivity contribution is 7.71. The van der Waals surface area contributed by atoms with Crippen LogP contribution in [0.3, 0.4) is 0 Å². The van der Waals surface area contributed by atoms with Gasteiger partial charge >= 0.3 is 0 Å². The van der Waals surface area contributed by atoms with Crippen LogP contribution in [0.15, 0.2) is 16.8 Å². The molecule has 0 aromatic carbocycles. The number of nitrogens with zero attached hydrogens (tertiary/aromatic N) is 2.